The molecule has 2 heterocycles. The quantitative estimate of drug-likeness (QED) is 0.642. The second-order valence-electron chi connectivity index (χ2n) is 10.3. The van der Waals surface area contributed by atoms with Crippen LogP contribution in [-0.4, -0.2) is 65.5 Å². The van der Waals surface area contributed by atoms with Crippen LogP contribution in [-0.2, 0) is 6.54 Å². The number of pyridine rings is 1. The van der Waals surface area contributed by atoms with Crippen LogP contribution < -0.4 is 15.5 Å². The Hall–Kier alpha value is -3.13. The van der Waals surface area contributed by atoms with E-state index in [9.17, 15) is 14.4 Å². The Balaban J connectivity index is 1.28. The van der Waals surface area contributed by atoms with Crippen LogP contribution in [0.5, 0.6) is 5.75 Å². The normalized spacial score (nSPS) is 19.2. The highest BCUT2D eigenvalue weighted by Gasteiger charge is 2.30. The van der Waals surface area contributed by atoms with E-state index in [1.165, 1.54) is 6.42 Å². The van der Waals surface area contributed by atoms with Crippen molar-refractivity contribution >= 4 is 11.8 Å². The predicted molar refractivity (Wildman–Crippen MR) is 137 cm³/mol. The summed E-state index contributed by atoms with van der Waals surface area (Å²) < 4.78 is 7.23. The second kappa shape index (κ2) is 10.9. The minimum Gasteiger partial charge on any atom is -0.497 e. The van der Waals surface area contributed by atoms with Gasteiger partial charge in [-0.15, -0.1) is 0 Å². The fourth-order valence-electron chi connectivity index (χ4n) is 5.31. The van der Waals surface area contributed by atoms with Crippen LogP contribution in [0.2, 0.25) is 0 Å². The van der Waals surface area contributed by atoms with Crippen LogP contribution in [0.4, 0.5) is 0 Å². The minimum absolute atomic E-state index is 0.0926. The van der Waals surface area contributed by atoms with Gasteiger partial charge in [-0.3, -0.25) is 19.3 Å². The largest absolute Gasteiger partial charge is 0.497 e. The monoisotopic (exact) mass is 492 g/mol. The Morgan fingerprint density at radius 3 is 2.39 bits per heavy atom. The number of aromatic nitrogens is 1. The van der Waals surface area contributed by atoms with Gasteiger partial charge in [-0.1, -0.05) is 31.4 Å². The van der Waals surface area contributed by atoms with E-state index in [1.807, 2.05) is 22.8 Å². The molecule has 2 amide bonds. The standard InChI is InChI=1S/C28H36N4O4/c1-36-23-9-5-6-20(16-23)17-30-12-14-31(15-13-30)28(35)25-19-32(22-10-11-22)18-24(26(25)33)27(34)29-21-7-3-2-4-8-21/h5-6,9,16,18-19,21-22H,2-4,7-8,10-15,17H2,1H3,(H,29,34). The number of carbonyl (C=O) groups excluding carboxylic acids is 2. The van der Waals surface area contributed by atoms with Gasteiger partial charge in [0.15, 0.2) is 0 Å². The summed E-state index contributed by atoms with van der Waals surface area (Å²) in [5, 5.41) is 3.05. The number of nitrogens with one attached hydrogen (secondary N) is 1. The van der Waals surface area contributed by atoms with Crippen LogP contribution >= 0.6 is 0 Å². The van der Waals surface area contributed by atoms with Gasteiger partial charge in [0, 0.05) is 57.2 Å². The molecule has 8 heteroatoms. The zero-order valence-electron chi connectivity index (χ0n) is 21.1. The van der Waals surface area contributed by atoms with Crippen LogP contribution in [0.15, 0.2) is 41.5 Å². The van der Waals surface area contributed by atoms with Crippen molar-refractivity contribution in [3.8, 4) is 5.75 Å². The molecule has 2 aromatic rings. The molecule has 0 spiro atoms. The number of hydrogen-bond acceptors (Lipinski definition) is 5. The van der Waals surface area contributed by atoms with Crippen LogP contribution in [0.3, 0.4) is 0 Å². The molecule has 1 aliphatic heterocycles. The summed E-state index contributed by atoms with van der Waals surface area (Å²) in [7, 11) is 1.66. The molecule has 1 N–H and O–H groups in total. The van der Waals surface area contributed by atoms with Gasteiger partial charge in [0.25, 0.3) is 11.8 Å². The summed E-state index contributed by atoms with van der Waals surface area (Å²) in [6.45, 7) is 3.32. The van der Waals surface area contributed by atoms with E-state index in [1.54, 1.807) is 24.4 Å². The van der Waals surface area contributed by atoms with Gasteiger partial charge in [-0.05, 0) is 43.4 Å². The summed E-state index contributed by atoms with van der Waals surface area (Å²) >= 11 is 0. The second-order valence-corrected chi connectivity index (χ2v) is 10.3. The Morgan fingerprint density at radius 2 is 1.69 bits per heavy atom. The smallest absolute Gasteiger partial charge is 0.259 e. The van der Waals surface area contributed by atoms with Crippen molar-refractivity contribution in [2.45, 2.75) is 63.6 Å². The molecule has 2 aliphatic carbocycles. The maximum absolute atomic E-state index is 13.5. The molecule has 0 bridgehead atoms. The Kier molecular flexibility index (Phi) is 7.41. The fourth-order valence-corrected chi connectivity index (χ4v) is 5.31. The summed E-state index contributed by atoms with van der Waals surface area (Å²) in [5.74, 6) is 0.211. The summed E-state index contributed by atoms with van der Waals surface area (Å²) in [4.78, 5) is 44.0. The number of benzene rings is 1. The lowest BCUT2D eigenvalue weighted by molar-refractivity contribution is 0.0626. The average Bonchev–Trinajstić information content (AvgIpc) is 3.75. The molecule has 36 heavy (non-hydrogen) atoms. The average molecular weight is 493 g/mol. The molecular formula is C28H36N4O4. The molecule has 3 fully saturated rings. The predicted octanol–water partition coefficient (Wildman–Crippen LogP) is 3.21. The number of methoxy groups -OCH3 is 1. The van der Waals surface area contributed by atoms with E-state index in [0.717, 1.165) is 69.5 Å². The molecule has 1 aromatic carbocycles. The first-order valence-corrected chi connectivity index (χ1v) is 13.2. The van der Waals surface area contributed by atoms with E-state index < -0.39 is 5.43 Å². The molecule has 0 radical (unpaired) electrons. The van der Waals surface area contributed by atoms with Crippen LogP contribution in [0.1, 0.15) is 77.3 Å². The molecule has 0 unspecified atom stereocenters. The molecular weight excluding hydrogens is 456 g/mol. The molecule has 1 aromatic heterocycles. The number of piperazine rings is 1. The van der Waals surface area contributed by atoms with Gasteiger partial charge in [-0.25, -0.2) is 0 Å². The number of nitrogens with zero attached hydrogens (tertiary/aromatic N) is 3. The lowest BCUT2D eigenvalue weighted by Gasteiger charge is -2.34. The first-order chi connectivity index (χ1) is 17.5. The van der Waals surface area contributed by atoms with E-state index in [2.05, 4.69) is 16.3 Å². The maximum Gasteiger partial charge on any atom is 0.259 e. The molecule has 3 aliphatic rings. The number of ether oxygens (including phenoxy) is 1. The van der Waals surface area contributed by atoms with Gasteiger partial charge >= 0.3 is 0 Å². The lowest BCUT2D eigenvalue weighted by atomic mass is 9.95. The van der Waals surface area contributed by atoms with Gasteiger partial charge in [0.1, 0.15) is 16.9 Å². The Bertz CT molecular complexity index is 1160. The van der Waals surface area contributed by atoms with Crippen molar-refractivity contribution in [2.75, 3.05) is 33.3 Å². The molecule has 192 valence electrons. The SMILES string of the molecule is COc1cccc(CN2CCN(C(=O)c3cn(C4CC4)cc(C(=O)NC4CCCCC4)c3=O)CC2)c1. The molecule has 2 saturated carbocycles. The minimum atomic E-state index is -0.455. The highest BCUT2D eigenvalue weighted by atomic mass is 16.5. The molecule has 5 rings (SSSR count). The van der Waals surface area contributed by atoms with Gasteiger partial charge in [-0.2, -0.15) is 0 Å². The first kappa shape index (κ1) is 24.6. The van der Waals surface area contributed by atoms with Crippen LogP contribution in [0.25, 0.3) is 0 Å². The van der Waals surface area contributed by atoms with Crippen molar-refractivity contribution in [2.24, 2.45) is 0 Å². The maximum atomic E-state index is 13.5. The summed E-state index contributed by atoms with van der Waals surface area (Å²) in [6, 6.07) is 8.38. The fraction of sp³-hybridized carbons (Fsp3) is 0.536. The number of hydrogen-bond donors (Lipinski definition) is 1. The van der Waals surface area contributed by atoms with Gasteiger partial charge < -0.3 is 19.5 Å². The van der Waals surface area contributed by atoms with Crippen molar-refractivity contribution in [1.82, 2.24) is 19.7 Å². The Morgan fingerprint density at radius 1 is 0.972 bits per heavy atom. The van der Waals surface area contributed by atoms with Crippen molar-refractivity contribution in [3.63, 3.8) is 0 Å². The number of carbonyl (C=O) groups is 2. The van der Waals surface area contributed by atoms with Crippen LogP contribution in [0, 0.1) is 0 Å². The lowest BCUT2D eigenvalue weighted by Crippen LogP contribution is -2.49. The Labute approximate surface area is 212 Å². The van der Waals surface area contributed by atoms with E-state index in [0.29, 0.717) is 13.1 Å². The summed E-state index contributed by atoms with van der Waals surface area (Å²) in [5.41, 5.74) is 0.913. The highest BCUT2D eigenvalue weighted by Crippen LogP contribution is 2.34. The van der Waals surface area contributed by atoms with Gasteiger partial charge in [0.05, 0.1) is 7.11 Å². The number of rotatable bonds is 7. The van der Waals surface area contributed by atoms with Crippen molar-refractivity contribution < 1.29 is 14.3 Å². The number of amides is 2. The zero-order chi connectivity index (χ0) is 25.1. The van der Waals surface area contributed by atoms with E-state index >= 15 is 0 Å². The summed E-state index contributed by atoms with van der Waals surface area (Å²) in [6.07, 6.45) is 10.6. The third-order valence-electron chi connectivity index (χ3n) is 7.63. The highest BCUT2D eigenvalue weighted by molar-refractivity contribution is 5.99. The van der Waals surface area contributed by atoms with Crippen molar-refractivity contribution in [3.05, 3.63) is 63.6 Å². The van der Waals surface area contributed by atoms with E-state index in [4.69, 9.17) is 4.74 Å². The topological polar surface area (TPSA) is 83.9 Å². The van der Waals surface area contributed by atoms with E-state index in [-0.39, 0.29) is 35.0 Å². The molecule has 8 nitrogen and oxygen atoms in total. The zero-order valence-corrected chi connectivity index (χ0v) is 21.1. The van der Waals surface area contributed by atoms with Gasteiger partial charge in [0.2, 0.25) is 5.43 Å². The van der Waals surface area contributed by atoms with Crippen molar-refractivity contribution in [1.29, 1.82) is 0 Å². The third kappa shape index (κ3) is 5.64. The third-order valence-corrected chi connectivity index (χ3v) is 7.63. The molecule has 1 saturated heterocycles. The first-order valence-electron chi connectivity index (χ1n) is 13.2. The molecule has 0 atom stereocenters.